The summed E-state index contributed by atoms with van der Waals surface area (Å²) in [6, 6.07) is -0.846. The summed E-state index contributed by atoms with van der Waals surface area (Å²) in [5.41, 5.74) is 0. The molecule has 3 unspecified atom stereocenters. The molecule has 0 bridgehead atoms. The van der Waals surface area contributed by atoms with E-state index in [0.717, 1.165) is 51.4 Å². The van der Waals surface area contributed by atoms with Gasteiger partial charge in [-0.05, 0) is 38.5 Å². The first kappa shape index (κ1) is 53.0. The molecule has 0 saturated heterocycles. The van der Waals surface area contributed by atoms with E-state index < -0.39 is 20.0 Å². The SMILES string of the molecule is CCCC/C=C\CCCCCCCC(=O)NC(COP(=O)(O)OCC[N+](C)(C)C)C(O)/C=C/CCCCCCCCCCCCCCCCCCCCC. The van der Waals surface area contributed by atoms with Crippen LogP contribution in [0, 0.1) is 0 Å². The number of nitrogens with one attached hydrogen (secondary N) is 1. The number of allylic oxidation sites excluding steroid dienone is 3. The van der Waals surface area contributed by atoms with Crippen LogP contribution in [0.2, 0.25) is 0 Å². The molecule has 0 aliphatic carbocycles. The van der Waals surface area contributed by atoms with Gasteiger partial charge in [0.15, 0.2) is 0 Å². The van der Waals surface area contributed by atoms with Gasteiger partial charge in [0.2, 0.25) is 5.91 Å². The van der Waals surface area contributed by atoms with E-state index in [1.54, 1.807) is 6.08 Å². The summed E-state index contributed by atoms with van der Waals surface area (Å²) in [5.74, 6) is -0.188. The third-order valence-electron chi connectivity index (χ3n) is 10.2. The number of carbonyl (C=O) groups is 1. The molecule has 320 valence electrons. The molecule has 1 amide bonds. The number of phosphoric ester groups is 1. The number of aliphatic hydroxyl groups excluding tert-OH is 1. The fourth-order valence-electron chi connectivity index (χ4n) is 6.49. The zero-order valence-corrected chi connectivity index (χ0v) is 37.1. The lowest BCUT2D eigenvalue weighted by molar-refractivity contribution is -0.870. The summed E-state index contributed by atoms with van der Waals surface area (Å²) in [4.78, 5) is 23.0. The molecule has 0 spiro atoms. The minimum atomic E-state index is -4.33. The van der Waals surface area contributed by atoms with Gasteiger partial charge in [-0.25, -0.2) is 4.57 Å². The lowest BCUT2D eigenvalue weighted by atomic mass is 10.0. The molecule has 9 heteroatoms. The monoisotopic (exact) mass is 786 g/mol. The molecule has 0 aromatic carbocycles. The quantitative estimate of drug-likeness (QED) is 0.0247. The first-order valence-electron chi connectivity index (χ1n) is 22.7. The zero-order valence-electron chi connectivity index (χ0n) is 36.2. The maximum Gasteiger partial charge on any atom is 0.472 e. The summed E-state index contributed by atoms with van der Waals surface area (Å²) < 4.78 is 23.5. The third kappa shape index (κ3) is 39.2. The van der Waals surface area contributed by atoms with E-state index in [9.17, 15) is 19.4 Å². The van der Waals surface area contributed by atoms with Crippen LogP contribution in [0.5, 0.6) is 0 Å². The molecular formula is C45H90N2O6P+. The van der Waals surface area contributed by atoms with E-state index in [2.05, 4.69) is 31.3 Å². The van der Waals surface area contributed by atoms with Crippen molar-refractivity contribution in [1.82, 2.24) is 5.32 Å². The van der Waals surface area contributed by atoms with Gasteiger partial charge < -0.3 is 19.8 Å². The normalized spacial score (nSPS) is 14.6. The number of nitrogens with zero attached hydrogens (tertiary/aromatic N) is 1. The lowest BCUT2D eigenvalue weighted by Crippen LogP contribution is -2.45. The van der Waals surface area contributed by atoms with Crippen molar-refractivity contribution >= 4 is 13.7 Å². The van der Waals surface area contributed by atoms with E-state index in [1.807, 2.05) is 27.2 Å². The second-order valence-corrected chi connectivity index (χ2v) is 18.2. The van der Waals surface area contributed by atoms with Crippen LogP contribution >= 0.6 is 7.82 Å². The Kier molecular flexibility index (Phi) is 36.8. The van der Waals surface area contributed by atoms with Gasteiger partial charge in [-0.15, -0.1) is 0 Å². The van der Waals surface area contributed by atoms with E-state index >= 15 is 0 Å². The van der Waals surface area contributed by atoms with Crippen molar-refractivity contribution in [3.8, 4) is 0 Å². The molecule has 54 heavy (non-hydrogen) atoms. The van der Waals surface area contributed by atoms with Gasteiger partial charge in [0.25, 0.3) is 0 Å². The van der Waals surface area contributed by atoms with Crippen LogP contribution in [-0.2, 0) is 18.4 Å². The largest absolute Gasteiger partial charge is 0.472 e. The van der Waals surface area contributed by atoms with Gasteiger partial charge in [-0.2, -0.15) is 0 Å². The van der Waals surface area contributed by atoms with Crippen molar-refractivity contribution in [2.45, 2.75) is 219 Å². The number of rotatable bonds is 41. The average Bonchev–Trinajstić information content (AvgIpc) is 3.12. The van der Waals surface area contributed by atoms with Crippen molar-refractivity contribution in [1.29, 1.82) is 0 Å². The molecular weight excluding hydrogens is 695 g/mol. The van der Waals surface area contributed by atoms with Gasteiger partial charge in [0, 0.05) is 6.42 Å². The minimum absolute atomic E-state index is 0.0609. The topological polar surface area (TPSA) is 105 Å². The number of amides is 1. The second-order valence-electron chi connectivity index (χ2n) is 16.8. The fraction of sp³-hybridized carbons (Fsp3) is 0.889. The second kappa shape index (κ2) is 37.6. The minimum Gasteiger partial charge on any atom is -0.387 e. The Hall–Kier alpha value is -1.02. The summed E-state index contributed by atoms with van der Waals surface area (Å²) in [5, 5.41) is 13.8. The summed E-state index contributed by atoms with van der Waals surface area (Å²) in [6.45, 7) is 4.77. The van der Waals surface area contributed by atoms with Gasteiger partial charge in [0.1, 0.15) is 13.2 Å². The fourth-order valence-corrected chi connectivity index (χ4v) is 7.23. The highest BCUT2D eigenvalue weighted by molar-refractivity contribution is 7.47. The lowest BCUT2D eigenvalue weighted by Gasteiger charge is -2.25. The molecule has 0 radical (unpaired) electrons. The Labute approximate surface area is 334 Å². The van der Waals surface area contributed by atoms with Crippen LogP contribution in [0.4, 0.5) is 0 Å². The Morgan fingerprint density at radius 3 is 1.48 bits per heavy atom. The Morgan fingerprint density at radius 2 is 1.02 bits per heavy atom. The molecule has 0 rings (SSSR count). The number of phosphoric acid groups is 1. The summed E-state index contributed by atoms with van der Waals surface area (Å²) >= 11 is 0. The molecule has 0 saturated carbocycles. The van der Waals surface area contributed by atoms with Crippen LogP contribution in [0.15, 0.2) is 24.3 Å². The predicted molar refractivity (Wildman–Crippen MR) is 231 cm³/mol. The number of aliphatic hydroxyl groups is 1. The van der Waals surface area contributed by atoms with Crippen molar-refractivity contribution in [2.24, 2.45) is 0 Å². The maximum absolute atomic E-state index is 12.8. The molecule has 8 nitrogen and oxygen atoms in total. The number of likely N-dealkylation sites (N-methyl/N-ethyl adjacent to an activating group) is 1. The van der Waals surface area contributed by atoms with E-state index in [4.69, 9.17) is 9.05 Å². The Balaban J connectivity index is 4.33. The van der Waals surface area contributed by atoms with Crippen molar-refractivity contribution in [3.63, 3.8) is 0 Å². The highest BCUT2D eigenvalue weighted by Gasteiger charge is 2.27. The highest BCUT2D eigenvalue weighted by atomic mass is 31.2. The van der Waals surface area contributed by atoms with Crippen LogP contribution in [0.25, 0.3) is 0 Å². The number of carbonyl (C=O) groups excluding carboxylic acids is 1. The summed E-state index contributed by atoms with van der Waals surface area (Å²) in [6.07, 6.45) is 43.9. The van der Waals surface area contributed by atoms with Crippen LogP contribution in [0.1, 0.15) is 206 Å². The van der Waals surface area contributed by atoms with Crippen LogP contribution in [0.3, 0.4) is 0 Å². The van der Waals surface area contributed by atoms with Crippen molar-refractivity contribution in [2.75, 3.05) is 40.9 Å². The molecule has 0 aromatic heterocycles. The molecule has 3 atom stereocenters. The van der Waals surface area contributed by atoms with Gasteiger partial charge in [-0.3, -0.25) is 13.8 Å². The highest BCUT2D eigenvalue weighted by Crippen LogP contribution is 2.43. The van der Waals surface area contributed by atoms with E-state index in [1.165, 1.54) is 135 Å². The standard InChI is InChI=1S/C45H89N2O6P/c1-6-8-10-12-14-16-18-19-20-21-22-23-24-25-26-27-29-30-32-34-36-38-44(48)43(42-53-54(50,51)52-41-40-47(3,4)5)46-45(49)39-37-35-33-31-28-17-15-13-11-9-7-2/h13,15,36,38,43-44,48H,6-12,14,16-35,37,39-42H2,1-5H3,(H-,46,49,50,51)/p+1/b15-13-,38-36+. The van der Waals surface area contributed by atoms with Crippen LogP contribution < -0.4 is 5.32 Å². The first-order chi connectivity index (χ1) is 26.0. The predicted octanol–water partition coefficient (Wildman–Crippen LogP) is 12.5. The van der Waals surface area contributed by atoms with E-state index in [0.29, 0.717) is 17.4 Å². The number of unbranched alkanes of at least 4 members (excludes halogenated alkanes) is 26. The van der Waals surface area contributed by atoms with Gasteiger partial charge in [0.05, 0.1) is 39.9 Å². The van der Waals surface area contributed by atoms with Gasteiger partial charge >= 0.3 is 7.82 Å². The zero-order chi connectivity index (χ0) is 40.0. The number of hydrogen-bond donors (Lipinski definition) is 3. The number of hydrogen-bond acceptors (Lipinski definition) is 5. The average molecular weight is 786 g/mol. The molecule has 0 heterocycles. The Bertz CT molecular complexity index is 938. The number of quaternary nitrogens is 1. The van der Waals surface area contributed by atoms with Crippen LogP contribution in [-0.4, -0.2) is 73.4 Å². The molecule has 0 aromatic rings. The smallest absolute Gasteiger partial charge is 0.387 e. The third-order valence-corrected chi connectivity index (χ3v) is 11.1. The Morgan fingerprint density at radius 1 is 0.611 bits per heavy atom. The summed E-state index contributed by atoms with van der Waals surface area (Å²) in [7, 11) is 1.57. The molecule has 0 fully saturated rings. The van der Waals surface area contributed by atoms with E-state index in [-0.39, 0.29) is 19.1 Å². The maximum atomic E-state index is 12.8. The van der Waals surface area contributed by atoms with Crippen molar-refractivity contribution < 1.29 is 32.9 Å². The first-order valence-corrected chi connectivity index (χ1v) is 24.2. The molecule has 0 aliphatic heterocycles. The van der Waals surface area contributed by atoms with Crippen molar-refractivity contribution in [3.05, 3.63) is 24.3 Å². The molecule has 3 N–H and O–H groups in total. The van der Waals surface area contributed by atoms with Gasteiger partial charge in [-0.1, -0.05) is 186 Å². The molecule has 0 aliphatic rings.